The van der Waals surface area contributed by atoms with Gasteiger partial charge in [0.05, 0.1) is 24.7 Å². The van der Waals surface area contributed by atoms with Crippen molar-refractivity contribution in [2.45, 2.75) is 13.2 Å². The minimum Gasteiger partial charge on any atom is -0.497 e. The summed E-state index contributed by atoms with van der Waals surface area (Å²) in [6.07, 6.45) is 0. The van der Waals surface area contributed by atoms with Crippen LogP contribution in [-0.2, 0) is 13.2 Å². The lowest BCUT2D eigenvalue weighted by molar-refractivity contribution is -0.917. The number of H-pyrrole nitrogens is 1. The van der Waals surface area contributed by atoms with Crippen LogP contribution >= 0.6 is 23.8 Å². The Morgan fingerprint density at radius 1 is 1.27 bits per heavy atom. The Kier molecular flexibility index (Phi) is 5.70. The van der Waals surface area contributed by atoms with Crippen LogP contribution in [0.15, 0.2) is 42.5 Å². The molecule has 1 heterocycles. The average molecular weight is 394 g/mol. The van der Waals surface area contributed by atoms with E-state index in [0.29, 0.717) is 34.4 Å². The second-order valence-corrected chi connectivity index (χ2v) is 6.78. The molecule has 0 aliphatic rings. The molecule has 8 heteroatoms. The highest BCUT2D eigenvalue weighted by Crippen LogP contribution is 2.19. The van der Waals surface area contributed by atoms with Gasteiger partial charge in [0.2, 0.25) is 4.77 Å². The van der Waals surface area contributed by atoms with E-state index >= 15 is 0 Å². The Labute approximate surface area is 161 Å². The molecule has 0 aliphatic heterocycles. The summed E-state index contributed by atoms with van der Waals surface area (Å²) < 4.78 is 21.3. The lowest BCUT2D eigenvalue weighted by atomic mass is 10.2. The summed E-state index contributed by atoms with van der Waals surface area (Å²) in [4.78, 5) is 5.41. The van der Waals surface area contributed by atoms with Gasteiger partial charge in [-0.05, 0) is 48.6 Å². The summed E-state index contributed by atoms with van der Waals surface area (Å²) >= 11 is 11.4. The number of quaternary nitrogens is 1. The van der Waals surface area contributed by atoms with E-state index in [2.05, 4.69) is 10.1 Å². The first kappa shape index (κ1) is 18.6. The van der Waals surface area contributed by atoms with E-state index < -0.39 is 0 Å². The Bertz CT molecular complexity index is 934. The van der Waals surface area contributed by atoms with Gasteiger partial charge in [-0.2, -0.15) is 4.98 Å². The number of hydrogen-bond acceptors (Lipinski definition) is 3. The van der Waals surface area contributed by atoms with Gasteiger partial charge in [0.15, 0.2) is 12.5 Å². The quantitative estimate of drug-likeness (QED) is 0.633. The molecule has 3 aromatic rings. The predicted molar refractivity (Wildman–Crippen MR) is 101 cm³/mol. The number of ether oxygens (including phenoxy) is 1. The zero-order valence-electron chi connectivity index (χ0n) is 14.4. The molecule has 3 rings (SSSR count). The second kappa shape index (κ2) is 7.99. The molecule has 136 valence electrons. The Morgan fingerprint density at radius 3 is 2.65 bits per heavy atom. The van der Waals surface area contributed by atoms with Crippen molar-refractivity contribution in [3.8, 4) is 17.1 Å². The van der Waals surface area contributed by atoms with E-state index in [1.165, 1.54) is 6.07 Å². The minimum absolute atomic E-state index is 0.302. The van der Waals surface area contributed by atoms with Crippen molar-refractivity contribution in [1.82, 2.24) is 14.8 Å². The lowest BCUT2D eigenvalue weighted by Crippen LogP contribution is -3.07. The molecule has 0 aliphatic carbocycles. The molecule has 0 amide bonds. The summed E-state index contributed by atoms with van der Waals surface area (Å²) in [5.74, 6) is 1.15. The molecule has 1 aromatic heterocycles. The van der Waals surface area contributed by atoms with Gasteiger partial charge in [0.1, 0.15) is 18.1 Å². The maximum atomic E-state index is 14.0. The first-order valence-electron chi connectivity index (χ1n) is 8.03. The first-order valence-corrected chi connectivity index (χ1v) is 8.82. The molecule has 1 atom stereocenters. The van der Waals surface area contributed by atoms with Crippen molar-refractivity contribution in [1.29, 1.82) is 0 Å². The molecule has 5 nitrogen and oxygen atoms in total. The third-order valence-corrected chi connectivity index (χ3v) is 4.68. The Balaban J connectivity index is 1.75. The van der Waals surface area contributed by atoms with E-state index in [1.54, 1.807) is 23.9 Å². The van der Waals surface area contributed by atoms with Crippen LogP contribution in [0.4, 0.5) is 4.39 Å². The molecule has 2 aromatic carbocycles. The second-order valence-electron chi connectivity index (χ2n) is 6.00. The summed E-state index contributed by atoms with van der Waals surface area (Å²) in [5, 5.41) is 3.62. The summed E-state index contributed by atoms with van der Waals surface area (Å²) in [7, 11) is 3.57. The van der Waals surface area contributed by atoms with Crippen molar-refractivity contribution in [3.05, 3.63) is 63.6 Å². The number of halogens is 2. The molecule has 0 saturated carbocycles. The topological polar surface area (TPSA) is 47.3 Å². The molecule has 0 saturated heterocycles. The monoisotopic (exact) mass is 393 g/mol. The fourth-order valence-corrected chi connectivity index (χ4v) is 3.10. The third kappa shape index (κ3) is 4.12. The Hall–Kier alpha value is -2.22. The van der Waals surface area contributed by atoms with Crippen molar-refractivity contribution in [2.75, 3.05) is 14.2 Å². The third-order valence-electron chi connectivity index (χ3n) is 4.01. The zero-order valence-corrected chi connectivity index (χ0v) is 16.0. The summed E-state index contributed by atoms with van der Waals surface area (Å²) in [6.45, 7) is 0.941. The van der Waals surface area contributed by atoms with Crippen molar-refractivity contribution in [2.24, 2.45) is 0 Å². The van der Waals surface area contributed by atoms with Crippen LogP contribution < -0.4 is 9.64 Å². The summed E-state index contributed by atoms with van der Waals surface area (Å²) in [6, 6.07) is 12.3. The van der Waals surface area contributed by atoms with Gasteiger partial charge in [-0.1, -0.05) is 17.7 Å². The molecule has 0 bridgehead atoms. The molecule has 2 N–H and O–H groups in total. The lowest BCUT2D eigenvalue weighted by Gasteiger charge is -2.15. The number of nitrogens with zero attached hydrogens (tertiary/aromatic N) is 2. The van der Waals surface area contributed by atoms with Gasteiger partial charge in [0, 0.05) is 5.56 Å². The van der Waals surface area contributed by atoms with Gasteiger partial charge in [-0.3, -0.25) is 5.10 Å². The fraction of sp³-hybridized carbons (Fsp3) is 0.222. The number of benzene rings is 2. The predicted octanol–water partition coefficient (Wildman–Crippen LogP) is 3.08. The number of methoxy groups -OCH3 is 1. The SMILES string of the molecule is COc1ccc(-c2nc(=S)n(C[NH+](C)Cc3c(F)cccc3Cl)[nH]2)cc1. The van der Waals surface area contributed by atoms with Crippen molar-refractivity contribution < 1.29 is 14.0 Å². The highest BCUT2D eigenvalue weighted by Gasteiger charge is 2.14. The molecule has 0 spiro atoms. The highest BCUT2D eigenvalue weighted by atomic mass is 35.5. The molecule has 0 radical (unpaired) electrons. The van der Waals surface area contributed by atoms with E-state index in [9.17, 15) is 4.39 Å². The molecular weight excluding hydrogens is 375 g/mol. The highest BCUT2D eigenvalue weighted by molar-refractivity contribution is 7.71. The van der Waals surface area contributed by atoms with Crippen molar-refractivity contribution >= 4 is 23.8 Å². The minimum atomic E-state index is -0.302. The van der Waals surface area contributed by atoms with E-state index in [1.807, 2.05) is 31.3 Å². The molecule has 0 fully saturated rings. The van der Waals surface area contributed by atoms with Gasteiger partial charge < -0.3 is 9.64 Å². The molecule has 26 heavy (non-hydrogen) atoms. The van der Waals surface area contributed by atoms with Gasteiger partial charge >= 0.3 is 0 Å². The van der Waals surface area contributed by atoms with Gasteiger partial charge in [-0.25, -0.2) is 9.07 Å². The summed E-state index contributed by atoms with van der Waals surface area (Å²) in [5.41, 5.74) is 1.40. The van der Waals surface area contributed by atoms with Crippen LogP contribution in [0.2, 0.25) is 5.02 Å². The van der Waals surface area contributed by atoms with Crippen molar-refractivity contribution in [3.63, 3.8) is 0 Å². The number of aromatic nitrogens is 3. The van der Waals surface area contributed by atoms with E-state index in [-0.39, 0.29) is 5.82 Å². The standard InChI is InChI=1S/C18H18ClFN4OS/c1-23(10-14-15(19)4-3-5-16(14)20)11-24-18(26)21-17(22-24)12-6-8-13(25-2)9-7-12/h3-9H,10-11H2,1-2H3,(H,21,22,26)/p+1. The smallest absolute Gasteiger partial charge is 0.221 e. The van der Waals surface area contributed by atoms with Crippen LogP contribution in [0, 0.1) is 10.6 Å². The van der Waals surface area contributed by atoms with Crippen LogP contribution in [0.25, 0.3) is 11.4 Å². The first-order chi connectivity index (χ1) is 12.5. The van der Waals surface area contributed by atoms with Gasteiger partial charge in [-0.15, -0.1) is 0 Å². The zero-order chi connectivity index (χ0) is 18.7. The van der Waals surface area contributed by atoms with Crippen LogP contribution in [-0.4, -0.2) is 28.9 Å². The normalized spacial score (nSPS) is 12.2. The van der Waals surface area contributed by atoms with Crippen LogP contribution in [0.5, 0.6) is 5.75 Å². The maximum Gasteiger partial charge on any atom is 0.221 e. The molecular formula is C18H19ClFN4OS+. The Morgan fingerprint density at radius 2 is 2.00 bits per heavy atom. The van der Waals surface area contributed by atoms with Crippen LogP contribution in [0.1, 0.15) is 5.56 Å². The fourth-order valence-electron chi connectivity index (χ4n) is 2.67. The number of rotatable bonds is 6. The number of hydrogen-bond donors (Lipinski definition) is 2. The average Bonchev–Trinajstić information content (AvgIpc) is 2.99. The number of nitrogens with one attached hydrogen (secondary N) is 2. The van der Waals surface area contributed by atoms with Gasteiger partial charge in [0.25, 0.3) is 0 Å². The maximum absolute atomic E-state index is 14.0. The van der Waals surface area contributed by atoms with E-state index in [0.717, 1.165) is 16.2 Å². The van der Waals surface area contributed by atoms with Crippen LogP contribution in [0.3, 0.4) is 0 Å². The van der Waals surface area contributed by atoms with E-state index in [4.69, 9.17) is 28.6 Å². The molecule has 1 unspecified atom stereocenters. The number of aromatic amines is 1. The largest absolute Gasteiger partial charge is 0.497 e.